The van der Waals surface area contributed by atoms with Crippen LogP contribution in [0.3, 0.4) is 0 Å². The summed E-state index contributed by atoms with van der Waals surface area (Å²) in [4.78, 5) is 39.9. The highest BCUT2D eigenvalue weighted by molar-refractivity contribution is 6.00. The van der Waals surface area contributed by atoms with Gasteiger partial charge in [-0.1, -0.05) is 12.1 Å². The molecule has 29 heavy (non-hydrogen) atoms. The lowest BCUT2D eigenvalue weighted by atomic mass is 10.1. The second-order valence-electron chi connectivity index (χ2n) is 6.31. The molecule has 1 heterocycles. The SMILES string of the molecule is CCOC(=O)c1c(C)[nH]c(C(=O)OC(C)C(=O)Nc2ccccc2OCC)c1C. The van der Waals surface area contributed by atoms with Crippen LogP contribution in [-0.2, 0) is 14.3 Å². The number of aromatic amines is 1. The third-order valence-electron chi connectivity index (χ3n) is 4.22. The van der Waals surface area contributed by atoms with Crippen LogP contribution in [0.15, 0.2) is 24.3 Å². The molecule has 0 fully saturated rings. The first kappa shape index (κ1) is 22.0. The molecule has 0 aliphatic rings. The Morgan fingerprint density at radius 3 is 2.41 bits per heavy atom. The molecular weight excluding hydrogens is 376 g/mol. The van der Waals surface area contributed by atoms with Crippen molar-refractivity contribution in [2.24, 2.45) is 0 Å². The van der Waals surface area contributed by atoms with Crippen molar-refractivity contribution in [2.75, 3.05) is 18.5 Å². The van der Waals surface area contributed by atoms with E-state index in [1.54, 1.807) is 45.0 Å². The summed E-state index contributed by atoms with van der Waals surface area (Å²) in [7, 11) is 0. The fourth-order valence-corrected chi connectivity index (χ4v) is 2.82. The summed E-state index contributed by atoms with van der Waals surface area (Å²) in [5, 5.41) is 2.69. The van der Waals surface area contributed by atoms with Crippen LogP contribution in [0.1, 0.15) is 52.9 Å². The van der Waals surface area contributed by atoms with Gasteiger partial charge >= 0.3 is 11.9 Å². The van der Waals surface area contributed by atoms with Gasteiger partial charge in [-0.25, -0.2) is 9.59 Å². The normalized spacial score (nSPS) is 11.5. The number of ether oxygens (including phenoxy) is 3. The number of benzene rings is 1. The van der Waals surface area contributed by atoms with Gasteiger partial charge in [0.25, 0.3) is 5.91 Å². The average molecular weight is 402 g/mol. The molecule has 8 heteroatoms. The minimum absolute atomic E-state index is 0.111. The predicted molar refractivity (Wildman–Crippen MR) is 107 cm³/mol. The maximum Gasteiger partial charge on any atom is 0.355 e. The fourth-order valence-electron chi connectivity index (χ4n) is 2.82. The Labute approximate surface area is 169 Å². The molecule has 0 saturated carbocycles. The van der Waals surface area contributed by atoms with Gasteiger partial charge in [-0.05, 0) is 52.3 Å². The van der Waals surface area contributed by atoms with E-state index in [0.717, 1.165) is 0 Å². The van der Waals surface area contributed by atoms with Crippen LogP contribution in [0.2, 0.25) is 0 Å². The highest BCUT2D eigenvalue weighted by Crippen LogP contribution is 2.24. The first-order valence-corrected chi connectivity index (χ1v) is 9.40. The van der Waals surface area contributed by atoms with E-state index < -0.39 is 23.9 Å². The first-order valence-electron chi connectivity index (χ1n) is 9.40. The third kappa shape index (κ3) is 5.16. The Morgan fingerprint density at radius 1 is 1.07 bits per heavy atom. The number of carbonyl (C=O) groups is 3. The van der Waals surface area contributed by atoms with Gasteiger partial charge in [0, 0.05) is 5.69 Å². The molecule has 0 radical (unpaired) electrons. The van der Waals surface area contributed by atoms with Gasteiger partial charge in [0.1, 0.15) is 11.4 Å². The molecule has 1 aromatic carbocycles. The first-order chi connectivity index (χ1) is 13.8. The summed E-state index contributed by atoms with van der Waals surface area (Å²) in [5.41, 5.74) is 1.80. The van der Waals surface area contributed by atoms with E-state index in [2.05, 4.69) is 10.3 Å². The second kappa shape index (κ2) is 9.77. The van der Waals surface area contributed by atoms with Gasteiger partial charge in [0.05, 0.1) is 24.5 Å². The predicted octanol–water partition coefficient (Wildman–Crippen LogP) is 3.39. The molecular formula is C21H26N2O6. The lowest BCUT2D eigenvalue weighted by Gasteiger charge is -2.15. The zero-order chi connectivity index (χ0) is 21.6. The maximum absolute atomic E-state index is 12.5. The largest absolute Gasteiger partial charge is 0.492 e. The molecule has 2 rings (SSSR count). The minimum atomic E-state index is -1.06. The summed E-state index contributed by atoms with van der Waals surface area (Å²) in [6.07, 6.45) is -1.06. The number of carbonyl (C=O) groups excluding carboxylic acids is 3. The van der Waals surface area contributed by atoms with E-state index in [1.165, 1.54) is 6.92 Å². The van der Waals surface area contributed by atoms with E-state index in [0.29, 0.717) is 34.9 Å². The van der Waals surface area contributed by atoms with Crippen LogP contribution < -0.4 is 10.1 Å². The highest BCUT2D eigenvalue weighted by Gasteiger charge is 2.26. The number of H-pyrrole nitrogens is 1. The third-order valence-corrected chi connectivity index (χ3v) is 4.22. The van der Waals surface area contributed by atoms with Crippen molar-refractivity contribution in [1.29, 1.82) is 0 Å². The lowest BCUT2D eigenvalue weighted by molar-refractivity contribution is -0.123. The number of esters is 2. The average Bonchev–Trinajstić information content (AvgIpc) is 2.98. The number of nitrogens with one attached hydrogen (secondary N) is 2. The van der Waals surface area contributed by atoms with Gasteiger partial charge in [0.2, 0.25) is 0 Å². The van der Waals surface area contributed by atoms with Gasteiger partial charge < -0.3 is 24.5 Å². The number of rotatable bonds is 8. The molecule has 8 nitrogen and oxygen atoms in total. The van der Waals surface area contributed by atoms with E-state index in [-0.39, 0.29) is 12.3 Å². The molecule has 0 spiro atoms. The molecule has 0 aliphatic carbocycles. The molecule has 2 N–H and O–H groups in total. The van der Waals surface area contributed by atoms with Crippen molar-refractivity contribution >= 4 is 23.5 Å². The van der Waals surface area contributed by atoms with Gasteiger partial charge in [-0.3, -0.25) is 4.79 Å². The number of para-hydroxylation sites is 2. The zero-order valence-corrected chi connectivity index (χ0v) is 17.3. The fraction of sp³-hybridized carbons (Fsp3) is 0.381. The Kier molecular flexibility index (Phi) is 7.41. The molecule has 0 bridgehead atoms. The standard InChI is InChI=1S/C21H26N2O6/c1-6-27-16-11-9-8-10-15(16)23-19(24)14(5)29-21(26)18-12(3)17(13(4)22-18)20(25)28-7-2/h8-11,14,22H,6-7H2,1-5H3,(H,23,24). The molecule has 1 aromatic heterocycles. The maximum atomic E-state index is 12.5. The second-order valence-corrected chi connectivity index (χ2v) is 6.31. The molecule has 156 valence electrons. The molecule has 0 aliphatic heterocycles. The summed E-state index contributed by atoms with van der Waals surface area (Å²) in [6, 6.07) is 6.98. The van der Waals surface area contributed by atoms with Crippen LogP contribution in [0.5, 0.6) is 5.75 Å². The zero-order valence-electron chi connectivity index (χ0n) is 17.3. The van der Waals surface area contributed by atoms with Gasteiger partial charge in [0.15, 0.2) is 6.10 Å². The highest BCUT2D eigenvalue weighted by atomic mass is 16.5. The van der Waals surface area contributed by atoms with Crippen LogP contribution in [0.4, 0.5) is 5.69 Å². The molecule has 1 atom stereocenters. The van der Waals surface area contributed by atoms with Crippen LogP contribution in [0, 0.1) is 13.8 Å². The minimum Gasteiger partial charge on any atom is -0.492 e. The Hall–Kier alpha value is -3.29. The topological polar surface area (TPSA) is 107 Å². The molecule has 1 amide bonds. The number of anilines is 1. The van der Waals surface area contributed by atoms with E-state index >= 15 is 0 Å². The summed E-state index contributed by atoms with van der Waals surface area (Å²) in [5.74, 6) is -1.23. The number of aryl methyl sites for hydroxylation is 1. The van der Waals surface area contributed by atoms with Crippen molar-refractivity contribution in [3.63, 3.8) is 0 Å². The Bertz CT molecular complexity index is 903. The smallest absolute Gasteiger partial charge is 0.355 e. The molecule has 0 saturated heterocycles. The lowest BCUT2D eigenvalue weighted by Crippen LogP contribution is -2.30. The quantitative estimate of drug-likeness (QED) is 0.656. The summed E-state index contributed by atoms with van der Waals surface area (Å²) in [6.45, 7) is 8.97. The van der Waals surface area contributed by atoms with Crippen molar-refractivity contribution < 1.29 is 28.6 Å². The van der Waals surface area contributed by atoms with Crippen LogP contribution >= 0.6 is 0 Å². The van der Waals surface area contributed by atoms with Crippen LogP contribution in [0.25, 0.3) is 0 Å². The monoisotopic (exact) mass is 402 g/mol. The van der Waals surface area contributed by atoms with E-state index in [9.17, 15) is 14.4 Å². The number of aromatic nitrogens is 1. The summed E-state index contributed by atoms with van der Waals surface area (Å²) >= 11 is 0. The van der Waals surface area contributed by atoms with Gasteiger partial charge in [-0.2, -0.15) is 0 Å². The Balaban J connectivity index is 2.10. The molecule has 2 aromatic rings. The van der Waals surface area contributed by atoms with Crippen LogP contribution in [-0.4, -0.2) is 42.1 Å². The number of hydrogen-bond donors (Lipinski definition) is 2. The van der Waals surface area contributed by atoms with Crippen molar-refractivity contribution in [3.05, 3.63) is 46.8 Å². The summed E-state index contributed by atoms with van der Waals surface area (Å²) < 4.78 is 15.8. The number of amides is 1. The number of hydrogen-bond acceptors (Lipinski definition) is 6. The Morgan fingerprint density at radius 2 is 1.76 bits per heavy atom. The van der Waals surface area contributed by atoms with Crippen molar-refractivity contribution in [1.82, 2.24) is 4.98 Å². The van der Waals surface area contributed by atoms with Gasteiger partial charge in [-0.15, -0.1) is 0 Å². The van der Waals surface area contributed by atoms with Crippen molar-refractivity contribution in [2.45, 2.75) is 40.7 Å². The molecule has 1 unspecified atom stereocenters. The van der Waals surface area contributed by atoms with E-state index in [4.69, 9.17) is 14.2 Å². The van der Waals surface area contributed by atoms with E-state index in [1.807, 2.05) is 6.92 Å². The van der Waals surface area contributed by atoms with Crippen molar-refractivity contribution in [3.8, 4) is 5.75 Å².